The van der Waals surface area contributed by atoms with Crippen molar-refractivity contribution in [3.05, 3.63) is 72.3 Å². The molecule has 4 aromatic rings. The van der Waals surface area contributed by atoms with Gasteiger partial charge in [0.05, 0.1) is 11.0 Å². The first kappa shape index (κ1) is 16.0. The van der Waals surface area contributed by atoms with Gasteiger partial charge in [-0.1, -0.05) is 36.4 Å². The molecule has 5 nitrogen and oxygen atoms in total. The third-order valence-electron chi connectivity index (χ3n) is 5.38. The van der Waals surface area contributed by atoms with Gasteiger partial charge < -0.3 is 9.88 Å². The van der Waals surface area contributed by atoms with Crippen LogP contribution >= 0.6 is 0 Å². The number of likely N-dealkylation sites (tertiary alicyclic amines) is 1. The monoisotopic (exact) mass is 356 g/mol. The van der Waals surface area contributed by atoms with Crippen LogP contribution in [0.3, 0.4) is 0 Å². The number of nitrogens with one attached hydrogen (secondary N) is 1. The number of hydrogen-bond acceptors (Lipinski definition) is 3. The number of fused-ring (bicyclic) bond motifs is 2. The molecule has 1 saturated heterocycles. The van der Waals surface area contributed by atoms with Gasteiger partial charge in [0.15, 0.2) is 0 Å². The molecule has 1 N–H and O–H groups in total. The highest BCUT2D eigenvalue weighted by atomic mass is 16.2. The largest absolute Gasteiger partial charge is 0.342 e. The predicted molar refractivity (Wildman–Crippen MR) is 106 cm³/mol. The minimum absolute atomic E-state index is 0.00705. The van der Waals surface area contributed by atoms with Crippen molar-refractivity contribution in [2.24, 2.45) is 0 Å². The molecule has 5 heteroatoms. The molecule has 1 atom stereocenters. The lowest BCUT2D eigenvalue weighted by atomic mass is 9.96. The van der Waals surface area contributed by atoms with Gasteiger partial charge in [-0.25, -0.2) is 4.98 Å². The maximum atomic E-state index is 13.2. The molecule has 0 bridgehead atoms. The Balaban J connectivity index is 1.44. The summed E-state index contributed by atoms with van der Waals surface area (Å²) in [5.74, 6) is 1.21. The highest BCUT2D eigenvalue weighted by Gasteiger charge is 2.28. The second-order valence-electron chi connectivity index (χ2n) is 7.11. The van der Waals surface area contributed by atoms with Gasteiger partial charge in [-0.3, -0.25) is 9.78 Å². The van der Waals surface area contributed by atoms with E-state index < -0.39 is 0 Å². The van der Waals surface area contributed by atoms with Gasteiger partial charge in [0.1, 0.15) is 11.5 Å². The Hall–Kier alpha value is -3.21. The number of hydrogen-bond donors (Lipinski definition) is 1. The summed E-state index contributed by atoms with van der Waals surface area (Å²) >= 11 is 0. The molecule has 3 heterocycles. The van der Waals surface area contributed by atoms with Gasteiger partial charge >= 0.3 is 0 Å². The highest BCUT2D eigenvalue weighted by molar-refractivity contribution is 6.05. The van der Waals surface area contributed by atoms with Gasteiger partial charge in [0, 0.05) is 30.6 Å². The number of aromatic amines is 1. The van der Waals surface area contributed by atoms with Crippen molar-refractivity contribution in [2.75, 3.05) is 13.1 Å². The second-order valence-corrected chi connectivity index (χ2v) is 7.11. The lowest BCUT2D eigenvalue weighted by Crippen LogP contribution is -2.39. The molecular weight excluding hydrogens is 336 g/mol. The Kier molecular flexibility index (Phi) is 3.85. The van der Waals surface area contributed by atoms with Gasteiger partial charge in [-0.05, 0) is 36.4 Å². The average Bonchev–Trinajstić information content (AvgIpc) is 3.17. The zero-order valence-corrected chi connectivity index (χ0v) is 14.9. The van der Waals surface area contributed by atoms with Crippen LogP contribution in [-0.2, 0) is 0 Å². The number of H-pyrrole nitrogens is 1. The number of aromatic nitrogens is 3. The van der Waals surface area contributed by atoms with Gasteiger partial charge in [0.2, 0.25) is 0 Å². The first-order chi connectivity index (χ1) is 13.3. The topological polar surface area (TPSA) is 61.9 Å². The normalized spacial score (nSPS) is 17.5. The Labute approximate surface area is 157 Å². The van der Waals surface area contributed by atoms with Crippen molar-refractivity contribution >= 4 is 27.7 Å². The maximum Gasteiger partial charge on any atom is 0.273 e. The molecule has 1 amide bonds. The molecule has 2 aromatic heterocycles. The minimum Gasteiger partial charge on any atom is -0.342 e. The third-order valence-corrected chi connectivity index (χ3v) is 5.38. The summed E-state index contributed by atoms with van der Waals surface area (Å²) in [6, 6.07) is 17.9. The van der Waals surface area contributed by atoms with E-state index in [1.54, 1.807) is 6.20 Å². The van der Waals surface area contributed by atoms with E-state index in [1.165, 1.54) is 0 Å². The van der Waals surface area contributed by atoms with Crippen molar-refractivity contribution < 1.29 is 4.79 Å². The highest BCUT2D eigenvalue weighted by Crippen LogP contribution is 2.28. The molecule has 0 radical (unpaired) electrons. The number of para-hydroxylation sites is 2. The van der Waals surface area contributed by atoms with E-state index >= 15 is 0 Å². The van der Waals surface area contributed by atoms with E-state index in [2.05, 4.69) is 9.97 Å². The number of amides is 1. The molecule has 134 valence electrons. The Morgan fingerprint density at radius 2 is 1.93 bits per heavy atom. The molecule has 2 aromatic carbocycles. The van der Waals surface area contributed by atoms with Crippen molar-refractivity contribution in [3.8, 4) is 0 Å². The number of carbonyl (C=O) groups excluding carboxylic acids is 1. The van der Waals surface area contributed by atoms with E-state index in [9.17, 15) is 4.79 Å². The third kappa shape index (κ3) is 2.85. The number of carbonyl (C=O) groups is 1. The summed E-state index contributed by atoms with van der Waals surface area (Å²) in [7, 11) is 0. The van der Waals surface area contributed by atoms with E-state index in [-0.39, 0.29) is 11.8 Å². The van der Waals surface area contributed by atoms with Crippen molar-refractivity contribution in [1.82, 2.24) is 19.9 Å². The second kappa shape index (κ2) is 6.50. The fourth-order valence-electron chi connectivity index (χ4n) is 3.99. The molecule has 0 spiro atoms. The Morgan fingerprint density at radius 3 is 2.85 bits per heavy atom. The molecule has 1 fully saturated rings. The summed E-state index contributed by atoms with van der Waals surface area (Å²) in [6.45, 7) is 1.43. The standard InChI is InChI=1S/C22H20N4O/c27-22(20-17-8-2-1-6-15(17)11-12-23-20)26-13-5-7-16(14-26)21-24-18-9-3-4-10-19(18)25-21/h1-4,6,8-12,16H,5,7,13-14H2,(H,24,25). The van der Waals surface area contributed by atoms with Crippen LogP contribution in [0.25, 0.3) is 21.8 Å². The van der Waals surface area contributed by atoms with Crippen LogP contribution < -0.4 is 0 Å². The minimum atomic E-state index is 0.00705. The summed E-state index contributed by atoms with van der Waals surface area (Å²) in [5.41, 5.74) is 2.57. The van der Waals surface area contributed by atoms with Crippen LogP contribution in [0.1, 0.15) is 35.1 Å². The van der Waals surface area contributed by atoms with Crippen LogP contribution in [0.5, 0.6) is 0 Å². The molecule has 27 heavy (non-hydrogen) atoms. The van der Waals surface area contributed by atoms with Crippen molar-refractivity contribution in [3.63, 3.8) is 0 Å². The molecule has 1 aliphatic heterocycles. The summed E-state index contributed by atoms with van der Waals surface area (Å²) < 4.78 is 0. The zero-order chi connectivity index (χ0) is 18.2. The van der Waals surface area contributed by atoms with Crippen LogP contribution in [0, 0.1) is 0 Å². The molecular formula is C22H20N4O. The number of nitrogens with zero attached hydrogens (tertiary/aromatic N) is 3. The maximum absolute atomic E-state index is 13.2. The molecule has 5 rings (SSSR count). The predicted octanol–water partition coefficient (Wildman–Crippen LogP) is 4.13. The fourth-order valence-corrected chi connectivity index (χ4v) is 3.99. The fraction of sp³-hybridized carbons (Fsp3) is 0.227. The smallest absolute Gasteiger partial charge is 0.273 e. The number of pyridine rings is 1. The first-order valence-electron chi connectivity index (χ1n) is 9.37. The van der Waals surface area contributed by atoms with E-state index in [0.717, 1.165) is 47.0 Å². The van der Waals surface area contributed by atoms with E-state index in [0.29, 0.717) is 12.2 Å². The van der Waals surface area contributed by atoms with Crippen molar-refractivity contribution in [1.29, 1.82) is 0 Å². The van der Waals surface area contributed by atoms with Crippen LogP contribution in [0.2, 0.25) is 0 Å². The Morgan fingerprint density at radius 1 is 1.07 bits per heavy atom. The molecule has 0 saturated carbocycles. The number of benzene rings is 2. The average molecular weight is 356 g/mol. The van der Waals surface area contributed by atoms with E-state index in [4.69, 9.17) is 4.98 Å². The number of imidazole rings is 1. The summed E-state index contributed by atoms with van der Waals surface area (Å²) in [5, 5.41) is 1.96. The van der Waals surface area contributed by atoms with Crippen LogP contribution in [-0.4, -0.2) is 38.8 Å². The quantitative estimate of drug-likeness (QED) is 0.587. The Bertz CT molecular complexity index is 1100. The lowest BCUT2D eigenvalue weighted by molar-refractivity contribution is 0.0701. The van der Waals surface area contributed by atoms with Crippen LogP contribution in [0.4, 0.5) is 0 Å². The van der Waals surface area contributed by atoms with Gasteiger partial charge in [0.25, 0.3) is 5.91 Å². The molecule has 1 unspecified atom stereocenters. The summed E-state index contributed by atoms with van der Waals surface area (Å²) in [4.78, 5) is 27.7. The van der Waals surface area contributed by atoms with Gasteiger partial charge in [-0.15, -0.1) is 0 Å². The summed E-state index contributed by atoms with van der Waals surface area (Å²) in [6.07, 6.45) is 3.72. The first-order valence-corrected chi connectivity index (χ1v) is 9.37. The zero-order valence-electron chi connectivity index (χ0n) is 14.9. The number of rotatable bonds is 2. The van der Waals surface area contributed by atoms with Crippen LogP contribution in [0.15, 0.2) is 60.8 Å². The molecule has 0 aliphatic carbocycles. The van der Waals surface area contributed by atoms with Crippen molar-refractivity contribution in [2.45, 2.75) is 18.8 Å². The molecule has 1 aliphatic rings. The SMILES string of the molecule is O=C(c1nccc2ccccc12)N1CCCC(c2nc3ccccc3[nH]2)C1. The number of piperidine rings is 1. The lowest BCUT2D eigenvalue weighted by Gasteiger charge is -2.31. The van der Waals surface area contributed by atoms with E-state index in [1.807, 2.05) is 59.5 Å². The van der Waals surface area contributed by atoms with Gasteiger partial charge in [-0.2, -0.15) is 0 Å².